The molecule has 0 aromatic rings. The topological polar surface area (TPSA) is 53.0 Å². The van der Waals surface area contributed by atoms with Crippen molar-refractivity contribution in [3.8, 4) is 0 Å². The van der Waals surface area contributed by atoms with Gasteiger partial charge in [0.05, 0.1) is 6.61 Å². The Morgan fingerprint density at radius 1 is 1.47 bits per heavy atom. The number of hydrogen-bond donors (Lipinski definition) is 1. The second-order valence-corrected chi connectivity index (χ2v) is 6.09. The molecule has 1 unspecified atom stereocenters. The van der Waals surface area contributed by atoms with Crippen molar-refractivity contribution in [3.63, 3.8) is 0 Å². The van der Waals surface area contributed by atoms with E-state index in [1.807, 2.05) is 32.6 Å². The first kappa shape index (κ1) is 16.2. The third kappa shape index (κ3) is 5.37. The zero-order valence-corrected chi connectivity index (χ0v) is 12.7. The molecule has 112 valence electrons. The van der Waals surface area contributed by atoms with Crippen molar-refractivity contribution in [2.75, 3.05) is 32.8 Å². The summed E-state index contributed by atoms with van der Waals surface area (Å²) in [7, 11) is 0. The molecule has 19 heavy (non-hydrogen) atoms. The maximum atomic E-state index is 12.2. The molecule has 5 nitrogen and oxygen atoms in total. The van der Waals surface area contributed by atoms with Crippen LogP contribution in [0.5, 0.6) is 0 Å². The lowest BCUT2D eigenvalue weighted by Crippen LogP contribution is -2.51. The number of carbonyl (C=O) groups is 1. The van der Waals surface area contributed by atoms with Crippen LogP contribution in [0.25, 0.3) is 0 Å². The number of aliphatic hydroxyl groups excluding tert-OH is 1. The lowest BCUT2D eigenvalue weighted by Gasteiger charge is -2.39. The fourth-order valence-corrected chi connectivity index (χ4v) is 2.49. The maximum absolute atomic E-state index is 12.2. The Kier molecular flexibility index (Phi) is 6.07. The third-order valence-corrected chi connectivity index (χ3v) is 3.31. The van der Waals surface area contributed by atoms with Gasteiger partial charge in [-0.05, 0) is 47.1 Å². The van der Waals surface area contributed by atoms with Crippen LogP contribution in [0.3, 0.4) is 0 Å². The highest BCUT2D eigenvalue weighted by Gasteiger charge is 2.30. The molecule has 1 heterocycles. The summed E-state index contributed by atoms with van der Waals surface area (Å²) in [6.45, 7) is 11.0. The minimum Gasteiger partial charge on any atom is -0.444 e. The number of hydrogen-bond acceptors (Lipinski definition) is 4. The lowest BCUT2D eigenvalue weighted by molar-refractivity contribution is 0.00684. The van der Waals surface area contributed by atoms with Crippen molar-refractivity contribution in [2.24, 2.45) is 0 Å². The molecule has 1 amide bonds. The van der Waals surface area contributed by atoms with Crippen molar-refractivity contribution >= 4 is 6.09 Å². The van der Waals surface area contributed by atoms with E-state index in [4.69, 9.17) is 9.84 Å². The average molecular weight is 272 g/mol. The van der Waals surface area contributed by atoms with Crippen molar-refractivity contribution in [3.05, 3.63) is 0 Å². The van der Waals surface area contributed by atoms with Crippen LogP contribution in [0, 0.1) is 0 Å². The number of likely N-dealkylation sites (tertiary alicyclic amines) is 1. The first-order valence-electron chi connectivity index (χ1n) is 7.20. The SMILES string of the molecule is CCN(C(=O)OC(C)(C)C)C1CCCN(CCO)C1. The molecule has 1 N–H and O–H groups in total. The summed E-state index contributed by atoms with van der Waals surface area (Å²) in [4.78, 5) is 16.2. The van der Waals surface area contributed by atoms with E-state index in [1.165, 1.54) is 0 Å². The molecule has 1 aliphatic rings. The predicted octanol–water partition coefficient (Wildman–Crippen LogP) is 1.70. The molecule has 1 rings (SSSR count). The van der Waals surface area contributed by atoms with Gasteiger partial charge in [-0.2, -0.15) is 0 Å². The second kappa shape index (κ2) is 7.10. The Bertz CT molecular complexity index is 287. The minimum atomic E-state index is -0.454. The number of ether oxygens (including phenoxy) is 1. The highest BCUT2D eigenvalue weighted by Crippen LogP contribution is 2.18. The molecule has 1 fully saturated rings. The number of likely N-dealkylation sites (N-methyl/N-ethyl adjacent to an activating group) is 1. The first-order chi connectivity index (χ1) is 8.87. The number of nitrogens with zero attached hydrogens (tertiary/aromatic N) is 2. The van der Waals surface area contributed by atoms with Gasteiger partial charge in [0.1, 0.15) is 5.60 Å². The Morgan fingerprint density at radius 2 is 2.16 bits per heavy atom. The van der Waals surface area contributed by atoms with Gasteiger partial charge in [0.2, 0.25) is 0 Å². The first-order valence-corrected chi connectivity index (χ1v) is 7.20. The van der Waals surface area contributed by atoms with Crippen molar-refractivity contribution in [2.45, 2.75) is 52.2 Å². The Balaban J connectivity index is 2.60. The van der Waals surface area contributed by atoms with Crippen LogP contribution in [0.1, 0.15) is 40.5 Å². The normalized spacial score (nSPS) is 21.2. The summed E-state index contributed by atoms with van der Waals surface area (Å²) in [5.74, 6) is 0. The van der Waals surface area contributed by atoms with Crippen molar-refractivity contribution in [1.82, 2.24) is 9.80 Å². The number of piperidine rings is 1. The van der Waals surface area contributed by atoms with Crippen molar-refractivity contribution in [1.29, 1.82) is 0 Å². The molecule has 0 saturated carbocycles. The Labute approximate surface area is 116 Å². The number of β-amino-alcohol motifs (C(OH)–C–C–N with tert-alkyl or cyclic N) is 1. The van der Waals surface area contributed by atoms with Gasteiger partial charge in [-0.3, -0.25) is 4.90 Å². The molecule has 1 saturated heterocycles. The predicted molar refractivity (Wildman–Crippen MR) is 75.2 cm³/mol. The molecular weight excluding hydrogens is 244 g/mol. The minimum absolute atomic E-state index is 0.172. The third-order valence-electron chi connectivity index (χ3n) is 3.31. The van der Waals surface area contributed by atoms with E-state index in [0.717, 1.165) is 25.9 Å². The molecule has 1 atom stereocenters. The lowest BCUT2D eigenvalue weighted by atomic mass is 10.0. The number of amides is 1. The number of rotatable bonds is 4. The summed E-state index contributed by atoms with van der Waals surface area (Å²) < 4.78 is 5.46. The molecule has 0 radical (unpaired) electrons. The van der Waals surface area contributed by atoms with E-state index in [9.17, 15) is 4.79 Å². The molecule has 1 aliphatic heterocycles. The number of aliphatic hydroxyl groups is 1. The zero-order chi connectivity index (χ0) is 14.5. The number of carbonyl (C=O) groups excluding carboxylic acids is 1. The fraction of sp³-hybridized carbons (Fsp3) is 0.929. The van der Waals surface area contributed by atoms with Gasteiger partial charge in [-0.25, -0.2) is 4.79 Å². The molecule has 0 aromatic heterocycles. The summed E-state index contributed by atoms with van der Waals surface area (Å²) >= 11 is 0. The Hall–Kier alpha value is -0.810. The highest BCUT2D eigenvalue weighted by atomic mass is 16.6. The molecule has 0 aliphatic carbocycles. The molecule has 0 spiro atoms. The summed E-state index contributed by atoms with van der Waals surface area (Å²) in [6.07, 6.45) is 1.84. The van der Waals surface area contributed by atoms with Gasteiger partial charge in [0.25, 0.3) is 0 Å². The van der Waals surface area contributed by atoms with Crippen LogP contribution in [0.4, 0.5) is 4.79 Å². The molecule has 5 heteroatoms. The van der Waals surface area contributed by atoms with E-state index in [2.05, 4.69) is 4.90 Å². The molecule has 0 aromatic carbocycles. The summed E-state index contributed by atoms with van der Waals surface area (Å²) in [5, 5.41) is 9.02. The van der Waals surface area contributed by atoms with Gasteiger partial charge < -0.3 is 14.7 Å². The van der Waals surface area contributed by atoms with Crippen LogP contribution in [0.15, 0.2) is 0 Å². The smallest absolute Gasteiger partial charge is 0.410 e. The van der Waals surface area contributed by atoms with Crippen LogP contribution in [-0.4, -0.2) is 65.4 Å². The summed E-state index contributed by atoms with van der Waals surface area (Å²) in [6, 6.07) is 0.195. The average Bonchev–Trinajstić information content (AvgIpc) is 2.28. The second-order valence-electron chi connectivity index (χ2n) is 6.09. The standard InChI is InChI=1S/C14H28N2O3/c1-5-16(13(18)19-14(2,3)4)12-7-6-8-15(11-12)9-10-17/h12,17H,5-11H2,1-4H3. The highest BCUT2D eigenvalue weighted by molar-refractivity contribution is 5.68. The molecular formula is C14H28N2O3. The maximum Gasteiger partial charge on any atom is 0.410 e. The van der Waals surface area contributed by atoms with Crippen LogP contribution in [-0.2, 0) is 4.74 Å². The summed E-state index contributed by atoms with van der Waals surface area (Å²) in [5.41, 5.74) is -0.454. The van der Waals surface area contributed by atoms with Crippen LogP contribution >= 0.6 is 0 Å². The van der Waals surface area contributed by atoms with E-state index in [-0.39, 0.29) is 18.7 Å². The fourth-order valence-electron chi connectivity index (χ4n) is 2.49. The van der Waals surface area contributed by atoms with Gasteiger partial charge in [0, 0.05) is 25.7 Å². The largest absolute Gasteiger partial charge is 0.444 e. The van der Waals surface area contributed by atoms with Gasteiger partial charge in [-0.1, -0.05) is 0 Å². The van der Waals surface area contributed by atoms with E-state index < -0.39 is 5.60 Å². The zero-order valence-electron chi connectivity index (χ0n) is 12.7. The van der Waals surface area contributed by atoms with Gasteiger partial charge in [-0.15, -0.1) is 0 Å². The monoisotopic (exact) mass is 272 g/mol. The van der Waals surface area contributed by atoms with Gasteiger partial charge >= 0.3 is 6.09 Å². The van der Waals surface area contributed by atoms with E-state index >= 15 is 0 Å². The Morgan fingerprint density at radius 3 is 2.68 bits per heavy atom. The van der Waals surface area contributed by atoms with E-state index in [1.54, 1.807) is 0 Å². The van der Waals surface area contributed by atoms with Crippen LogP contribution in [0.2, 0.25) is 0 Å². The molecule has 0 bridgehead atoms. The van der Waals surface area contributed by atoms with E-state index in [0.29, 0.717) is 13.1 Å². The van der Waals surface area contributed by atoms with Crippen molar-refractivity contribution < 1.29 is 14.6 Å². The van der Waals surface area contributed by atoms with Gasteiger partial charge in [0.15, 0.2) is 0 Å². The quantitative estimate of drug-likeness (QED) is 0.846. The van der Waals surface area contributed by atoms with Crippen LogP contribution < -0.4 is 0 Å².